The molecular weight excluding hydrogens is 353 g/mol. The van der Waals surface area contributed by atoms with Gasteiger partial charge in [-0.2, -0.15) is 0 Å². The largest absolute Gasteiger partial charge is 4.00 e. The molecule has 1 nitrogen and oxygen atoms in total. The second-order valence-corrected chi connectivity index (χ2v) is 3.74. The quantitative estimate of drug-likeness (QED) is 0.573. The Labute approximate surface area is 106 Å². The molecule has 1 N–H and O–H groups in total. The van der Waals surface area contributed by atoms with E-state index in [0.29, 0.717) is 11.6 Å². The number of rotatable bonds is 2. The van der Waals surface area contributed by atoms with E-state index in [-0.39, 0.29) is 43.3 Å². The predicted octanol–water partition coefficient (Wildman–Crippen LogP) is 3.44. The van der Waals surface area contributed by atoms with Crippen LogP contribution in [-0.4, -0.2) is 11.6 Å². The molecule has 0 saturated heterocycles. The standard InChI is InChI=1S/C9H17N.3CH3.Pt/c1-8(2)10-9(3)6-4-5-7-9;;;;/h4-5,8,10H,6-7H2,1-3H3;3*1H3;/q;3*-1;+4. The molecule has 0 aromatic rings. The van der Waals surface area contributed by atoms with Gasteiger partial charge in [0, 0.05) is 11.6 Å². The molecule has 1 rings (SSSR count). The molecule has 14 heavy (non-hydrogen) atoms. The second kappa shape index (κ2) is 9.92. The van der Waals surface area contributed by atoms with Gasteiger partial charge >= 0.3 is 21.1 Å². The zero-order chi connectivity index (χ0) is 7.61. The maximum absolute atomic E-state index is 3.56. The Hall–Kier alpha value is 0.388. The Morgan fingerprint density at radius 1 is 1.07 bits per heavy atom. The molecule has 0 atom stereocenters. The van der Waals surface area contributed by atoms with Crippen molar-refractivity contribution < 1.29 is 21.1 Å². The Morgan fingerprint density at radius 2 is 1.43 bits per heavy atom. The van der Waals surface area contributed by atoms with Gasteiger partial charge in [-0.05, 0) is 19.8 Å². The van der Waals surface area contributed by atoms with Crippen LogP contribution in [0.4, 0.5) is 0 Å². The van der Waals surface area contributed by atoms with E-state index >= 15 is 0 Å². The summed E-state index contributed by atoms with van der Waals surface area (Å²) in [4.78, 5) is 0. The van der Waals surface area contributed by atoms with E-state index in [4.69, 9.17) is 0 Å². The average Bonchev–Trinajstić information content (AvgIpc) is 2.12. The van der Waals surface area contributed by atoms with E-state index in [1.165, 1.54) is 12.8 Å². The Kier molecular flexibility index (Phi) is 16.9. The summed E-state index contributed by atoms with van der Waals surface area (Å²) in [5, 5.41) is 3.56. The molecular formula is C12H26NPt+. The topological polar surface area (TPSA) is 12.0 Å². The van der Waals surface area contributed by atoms with Crippen molar-refractivity contribution in [3.05, 3.63) is 34.4 Å². The van der Waals surface area contributed by atoms with Gasteiger partial charge in [0.2, 0.25) is 0 Å². The molecule has 0 radical (unpaired) electrons. The zero-order valence-corrected chi connectivity index (χ0v) is 12.7. The van der Waals surface area contributed by atoms with E-state index in [2.05, 4.69) is 38.2 Å². The summed E-state index contributed by atoms with van der Waals surface area (Å²) < 4.78 is 0. The van der Waals surface area contributed by atoms with E-state index < -0.39 is 0 Å². The van der Waals surface area contributed by atoms with Crippen molar-refractivity contribution >= 4 is 0 Å². The minimum absolute atomic E-state index is 0. The first-order valence-corrected chi connectivity index (χ1v) is 4.05. The van der Waals surface area contributed by atoms with E-state index in [0.717, 1.165) is 0 Å². The van der Waals surface area contributed by atoms with Crippen LogP contribution in [0.5, 0.6) is 0 Å². The van der Waals surface area contributed by atoms with Crippen molar-refractivity contribution in [1.82, 2.24) is 5.32 Å². The molecule has 0 aliphatic heterocycles. The molecule has 2 heteroatoms. The maximum Gasteiger partial charge on any atom is 4.00 e. The Morgan fingerprint density at radius 3 is 1.71 bits per heavy atom. The monoisotopic (exact) mass is 379 g/mol. The van der Waals surface area contributed by atoms with Crippen LogP contribution in [-0.2, 0) is 21.1 Å². The molecule has 1 aliphatic carbocycles. The van der Waals surface area contributed by atoms with Crippen LogP contribution >= 0.6 is 0 Å². The summed E-state index contributed by atoms with van der Waals surface area (Å²) >= 11 is 0. The molecule has 0 amide bonds. The van der Waals surface area contributed by atoms with Gasteiger partial charge in [-0.3, -0.25) is 0 Å². The summed E-state index contributed by atoms with van der Waals surface area (Å²) in [5.74, 6) is 0. The molecule has 0 spiro atoms. The van der Waals surface area contributed by atoms with Gasteiger partial charge in [0.25, 0.3) is 0 Å². The minimum Gasteiger partial charge on any atom is -0.358 e. The van der Waals surface area contributed by atoms with Crippen LogP contribution in [0.25, 0.3) is 0 Å². The third-order valence-corrected chi connectivity index (χ3v) is 1.94. The average molecular weight is 379 g/mol. The summed E-state index contributed by atoms with van der Waals surface area (Å²) in [6, 6.07) is 0.602. The first kappa shape index (κ1) is 23.9. The number of nitrogens with one attached hydrogen (secondary N) is 1. The van der Waals surface area contributed by atoms with Gasteiger partial charge < -0.3 is 27.6 Å². The molecule has 0 fully saturated rings. The number of hydrogen-bond donors (Lipinski definition) is 1. The van der Waals surface area contributed by atoms with Crippen molar-refractivity contribution in [2.24, 2.45) is 0 Å². The van der Waals surface area contributed by atoms with Crippen LogP contribution in [0.1, 0.15) is 33.6 Å². The van der Waals surface area contributed by atoms with Crippen molar-refractivity contribution in [2.75, 3.05) is 0 Å². The first-order valence-electron chi connectivity index (χ1n) is 4.05. The van der Waals surface area contributed by atoms with Crippen molar-refractivity contribution in [3.8, 4) is 0 Å². The van der Waals surface area contributed by atoms with Gasteiger partial charge in [-0.25, -0.2) is 0 Å². The molecule has 0 saturated carbocycles. The maximum atomic E-state index is 3.56. The second-order valence-electron chi connectivity index (χ2n) is 3.74. The molecule has 88 valence electrons. The molecule has 0 unspecified atom stereocenters. The van der Waals surface area contributed by atoms with Gasteiger partial charge in [0.15, 0.2) is 0 Å². The summed E-state index contributed by atoms with van der Waals surface area (Å²) in [6.07, 6.45) is 6.89. The molecule has 0 aromatic carbocycles. The summed E-state index contributed by atoms with van der Waals surface area (Å²) in [5.41, 5.74) is 0.355. The molecule has 1 aliphatic rings. The summed E-state index contributed by atoms with van der Waals surface area (Å²) in [7, 11) is 0. The fraction of sp³-hybridized carbons (Fsp3) is 0.583. The SMILES string of the molecule is CC(C)NC1(C)CC=CC1.[CH3-].[CH3-].[CH3-].[Pt+4]. The van der Waals surface area contributed by atoms with E-state index in [1.807, 2.05) is 0 Å². The molecule has 0 heterocycles. The fourth-order valence-electron chi connectivity index (χ4n) is 1.58. The van der Waals surface area contributed by atoms with E-state index in [9.17, 15) is 0 Å². The van der Waals surface area contributed by atoms with E-state index in [1.54, 1.807) is 0 Å². The van der Waals surface area contributed by atoms with Crippen LogP contribution in [0.2, 0.25) is 0 Å². The minimum atomic E-state index is 0. The van der Waals surface area contributed by atoms with Gasteiger partial charge in [-0.15, -0.1) is 0 Å². The fourth-order valence-corrected chi connectivity index (χ4v) is 1.58. The first-order chi connectivity index (χ1) is 4.62. The van der Waals surface area contributed by atoms with Gasteiger partial charge in [-0.1, -0.05) is 26.0 Å². The van der Waals surface area contributed by atoms with Crippen molar-refractivity contribution in [3.63, 3.8) is 0 Å². The van der Waals surface area contributed by atoms with Gasteiger partial charge in [0.1, 0.15) is 0 Å². The zero-order valence-electron chi connectivity index (χ0n) is 10.5. The van der Waals surface area contributed by atoms with Gasteiger partial charge in [0.05, 0.1) is 0 Å². The number of hydrogen-bond acceptors (Lipinski definition) is 1. The van der Waals surface area contributed by atoms with Crippen molar-refractivity contribution in [1.29, 1.82) is 0 Å². The third kappa shape index (κ3) is 7.76. The smallest absolute Gasteiger partial charge is 0.358 e. The third-order valence-electron chi connectivity index (χ3n) is 1.94. The van der Waals surface area contributed by atoms with Crippen molar-refractivity contribution in [2.45, 2.75) is 45.2 Å². The Balaban J connectivity index is -0.000000125. The van der Waals surface area contributed by atoms with Crippen LogP contribution in [0, 0.1) is 22.3 Å². The van der Waals surface area contributed by atoms with Crippen LogP contribution in [0.15, 0.2) is 12.2 Å². The van der Waals surface area contributed by atoms with Crippen LogP contribution in [0.3, 0.4) is 0 Å². The molecule has 0 aromatic heterocycles. The predicted molar refractivity (Wildman–Crippen MR) is 64.3 cm³/mol. The normalized spacial score (nSPS) is 16.0. The molecule has 0 bridgehead atoms. The van der Waals surface area contributed by atoms with Crippen LogP contribution < -0.4 is 5.32 Å². The Bertz CT molecular complexity index is 133. The summed E-state index contributed by atoms with van der Waals surface area (Å²) in [6.45, 7) is 6.68.